The fourth-order valence-electron chi connectivity index (χ4n) is 4.06. The van der Waals surface area contributed by atoms with E-state index in [2.05, 4.69) is 15.5 Å². The maximum absolute atomic E-state index is 13.3. The molecule has 0 radical (unpaired) electrons. The van der Waals surface area contributed by atoms with Crippen molar-refractivity contribution >= 4 is 26.7 Å². The van der Waals surface area contributed by atoms with Crippen molar-refractivity contribution in [2.45, 2.75) is 30.3 Å². The molecule has 1 atom stereocenters. The summed E-state index contributed by atoms with van der Waals surface area (Å²) < 4.78 is 33.2. The first-order chi connectivity index (χ1) is 16.0. The molecule has 0 aliphatic carbocycles. The van der Waals surface area contributed by atoms with Crippen LogP contribution >= 0.6 is 0 Å². The highest BCUT2D eigenvalue weighted by Gasteiger charge is 2.39. The molecular formula is C24H22N4O4S. The minimum atomic E-state index is -3.82. The van der Waals surface area contributed by atoms with Crippen LogP contribution in [0, 0.1) is 0 Å². The standard InChI is InChI=1S/C24H22N4O4S/c29-24(25-16-22-26-23(27-32-22)18-8-2-1-3-9-18)21-11-6-14-28(21)33(30,31)20-13-12-17-7-4-5-10-19(17)15-20/h1-5,7-10,12-13,15,21H,6,11,14,16H2,(H,25,29)/t21-/m0/s1. The van der Waals surface area contributed by atoms with E-state index in [-0.39, 0.29) is 23.2 Å². The van der Waals surface area contributed by atoms with Crippen molar-refractivity contribution in [3.8, 4) is 11.4 Å². The number of hydrogen-bond donors (Lipinski definition) is 1. The maximum atomic E-state index is 13.3. The summed E-state index contributed by atoms with van der Waals surface area (Å²) in [6, 6.07) is 21.2. The quantitative estimate of drug-likeness (QED) is 0.471. The summed E-state index contributed by atoms with van der Waals surface area (Å²) in [6.07, 6.45) is 1.07. The molecular weight excluding hydrogens is 440 g/mol. The summed E-state index contributed by atoms with van der Waals surface area (Å²) in [6.45, 7) is 0.324. The van der Waals surface area contributed by atoms with Gasteiger partial charge in [-0.05, 0) is 35.7 Å². The Balaban J connectivity index is 1.29. The molecule has 1 aromatic heterocycles. The Morgan fingerprint density at radius 2 is 1.79 bits per heavy atom. The summed E-state index contributed by atoms with van der Waals surface area (Å²) >= 11 is 0. The predicted molar refractivity (Wildman–Crippen MR) is 122 cm³/mol. The van der Waals surface area contributed by atoms with E-state index in [9.17, 15) is 13.2 Å². The molecule has 0 bridgehead atoms. The number of carbonyl (C=O) groups is 1. The van der Waals surface area contributed by atoms with Crippen LogP contribution in [0.1, 0.15) is 18.7 Å². The lowest BCUT2D eigenvalue weighted by molar-refractivity contribution is -0.124. The third-order valence-electron chi connectivity index (χ3n) is 5.75. The predicted octanol–water partition coefficient (Wildman–Crippen LogP) is 3.36. The minimum absolute atomic E-state index is 0.0268. The lowest BCUT2D eigenvalue weighted by atomic mass is 10.1. The molecule has 2 heterocycles. The van der Waals surface area contributed by atoms with Crippen LogP contribution in [0.15, 0.2) is 82.2 Å². The van der Waals surface area contributed by atoms with Crippen LogP contribution in [0.25, 0.3) is 22.2 Å². The number of benzene rings is 3. The van der Waals surface area contributed by atoms with Crippen LogP contribution in [-0.4, -0.2) is 41.4 Å². The summed E-state index contributed by atoms with van der Waals surface area (Å²) in [5.74, 6) is 0.307. The fraction of sp³-hybridized carbons (Fsp3) is 0.208. The van der Waals surface area contributed by atoms with Crippen LogP contribution in [0.2, 0.25) is 0 Å². The molecule has 5 rings (SSSR count). The van der Waals surface area contributed by atoms with Crippen LogP contribution in [0.3, 0.4) is 0 Å². The summed E-state index contributed by atoms with van der Waals surface area (Å²) in [4.78, 5) is 17.4. The number of aromatic nitrogens is 2. The molecule has 1 aliphatic heterocycles. The van der Waals surface area contributed by atoms with Crippen molar-refractivity contribution in [1.29, 1.82) is 0 Å². The van der Waals surface area contributed by atoms with E-state index in [1.807, 2.05) is 54.6 Å². The normalized spacial score (nSPS) is 16.8. The summed E-state index contributed by atoms with van der Waals surface area (Å²) in [7, 11) is -3.82. The number of nitrogens with zero attached hydrogens (tertiary/aromatic N) is 3. The van der Waals surface area contributed by atoms with E-state index in [1.165, 1.54) is 4.31 Å². The van der Waals surface area contributed by atoms with Gasteiger partial charge in [0.2, 0.25) is 27.6 Å². The molecule has 33 heavy (non-hydrogen) atoms. The molecule has 3 aromatic carbocycles. The van der Waals surface area contributed by atoms with Gasteiger partial charge in [-0.15, -0.1) is 0 Å². The monoisotopic (exact) mass is 462 g/mol. The Hall–Kier alpha value is -3.56. The molecule has 1 aliphatic rings. The zero-order valence-corrected chi connectivity index (χ0v) is 18.5. The molecule has 1 saturated heterocycles. The van der Waals surface area contributed by atoms with E-state index in [0.717, 1.165) is 16.3 Å². The number of rotatable bonds is 6. The Bertz CT molecular complexity index is 1400. The highest BCUT2D eigenvalue weighted by molar-refractivity contribution is 7.89. The Morgan fingerprint density at radius 1 is 1.03 bits per heavy atom. The largest absolute Gasteiger partial charge is 0.346 e. The first-order valence-electron chi connectivity index (χ1n) is 10.7. The molecule has 0 spiro atoms. The first-order valence-corrected chi connectivity index (χ1v) is 12.1. The number of nitrogens with one attached hydrogen (secondary N) is 1. The van der Waals surface area contributed by atoms with Crippen molar-refractivity contribution in [2.24, 2.45) is 0 Å². The van der Waals surface area contributed by atoms with E-state index in [1.54, 1.807) is 18.2 Å². The third kappa shape index (κ3) is 4.24. The first kappa shape index (κ1) is 21.3. The number of hydrogen-bond acceptors (Lipinski definition) is 6. The van der Waals surface area contributed by atoms with Gasteiger partial charge in [0.1, 0.15) is 6.04 Å². The van der Waals surface area contributed by atoms with Gasteiger partial charge in [-0.3, -0.25) is 4.79 Å². The van der Waals surface area contributed by atoms with Gasteiger partial charge in [-0.2, -0.15) is 9.29 Å². The van der Waals surface area contributed by atoms with Gasteiger partial charge in [0, 0.05) is 12.1 Å². The molecule has 1 amide bonds. The lowest BCUT2D eigenvalue weighted by Crippen LogP contribution is -2.45. The topological polar surface area (TPSA) is 105 Å². The van der Waals surface area contributed by atoms with Crippen molar-refractivity contribution in [2.75, 3.05) is 6.54 Å². The molecule has 168 valence electrons. The molecule has 0 unspecified atom stereocenters. The Labute approximate surface area is 191 Å². The maximum Gasteiger partial charge on any atom is 0.246 e. The average Bonchev–Trinajstić information content (AvgIpc) is 3.53. The van der Waals surface area contributed by atoms with E-state index in [0.29, 0.717) is 25.2 Å². The molecule has 9 heteroatoms. The number of carbonyl (C=O) groups excluding carboxylic acids is 1. The van der Waals surface area contributed by atoms with Crippen molar-refractivity contribution in [1.82, 2.24) is 19.8 Å². The fourth-order valence-corrected chi connectivity index (χ4v) is 5.76. The molecule has 1 fully saturated rings. The number of amides is 1. The van der Waals surface area contributed by atoms with Crippen molar-refractivity contribution in [3.63, 3.8) is 0 Å². The van der Waals surface area contributed by atoms with E-state index in [4.69, 9.17) is 4.52 Å². The van der Waals surface area contributed by atoms with Crippen LogP contribution < -0.4 is 5.32 Å². The van der Waals surface area contributed by atoms with Crippen molar-refractivity contribution < 1.29 is 17.7 Å². The summed E-state index contributed by atoms with van der Waals surface area (Å²) in [5.41, 5.74) is 0.808. The van der Waals surface area contributed by atoms with Gasteiger partial charge < -0.3 is 9.84 Å². The average molecular weight is 463 g/mol. The molecule has 8 nitrogen and oxygen atoms in total. The van der Waals surface area contributed by atoms with Crippen molar-refractivity contribution in [3.05, 3.63) is 78.7 Å². The van der Waals surface area contributed by atoms with Gasteiger partial charge in [-0.1, -0.05) is 65.8 Å². The zero-order chi connectivity index (χ0) is 22.8. The Morgan fingerprint density at radius 3 is 2.61 bits per heavy atom. The second-order valence-corrected chi connectivity index (χ2v) is 9.77. The van der Waals surface area contributed by atoms with Gasteiger partial charge in [0.15, 0.2) is 0 Å². The van der Waals surface area contributed by atoms with Crippen LogP contribution in [-0.2, 0) is 21.4 Å². The van der Waals surface area contributed by atoms with E-state index >= 15 is 0 Å². The molecule has 0 saturated carbocycles. The molecule has 1 N–H and O–H groups in total. The SMILES string of the molecule is O=C(NCc1nc(-c2ccccc2)no1)[C@@H]1CCCN1S(=O)(=O)c1ccc2ccccc2c1. The highest BCUT2D eigenvalue weighted by Crippen LogP contribution is 2.28. The van der Waals surface area contributed by atoms with Crippen LogP contribution in [0.4, 0.5) is 0 Å². The second-order valence-electron chi connectivity index (χ2n) is 7.88. The summed E-state index contributed by atoms with van der Waals surface area (Å²) in [5, 5.41) is 8.48. The number of sulfonamides is 1. The van der Waals surface area contributed by atoms with E-state index < -0.39 is 16.1 Å². The lowest BCUT2D eigenvalue weighted by Gasteiger charge is -2.23. The van der Waals surface area contributed by atoms with Gasteiger partial charge in [0.05, 0.1) is 11.4 Å². The van der Waals surface area contributed by atoms with Gasteiger partial charge >= 0.3 is 0 Å². The highest BCUT2D eigenvalue weighted by atomic mass is 32.2. The smallest absolute Gasteiger partial charge is 0.246 e. The molecule has 4 aromatic rings. The zero-order valence-electron chi connectivity index (χ0n) is 17.7. The minimum Gasteiger partial charge on any atom is -0.346 e. The number of fused-ring (bicyclic) bond motifs is 1. The second kappa shape index (κ2) is 8.76. The van der Waals surface area contributed by atoms with Gasteiger partial charge in [0.25, 0.3) is 0 Å². The third-order valence-corrected chi connectivity index (χ3v) is 7.65. The Kier molecular flexibility index (Phi) is 5.65. The van der Waals surface area contributed by atoms with Gasteiger partial charge in [-0.25, -0.2) is 8.42 Å². The van der Waals surface area contributed by atoms with Crippen LogP contribution in [0.5, 0.6) is 0 Å².